The minimum Gasteiger partial charge on any atom is -0.466 e. The van der Waals surface area contributed by atoms with Crippen LogP contribution in [0.2, 0.25) is 0 Å². The SMILES string of the molecule is CCOC(=O)Cc1csc(NS(=O)(=O)NC(=O)OC)n1. The number of ether oxygens (including phenoxy) is 2. The fourth-order valence-corrected chi connectivity index (χ4v) is 2.79. The second kappa shape index (κ2) is 7.05. The summed E-state index contributed by atoms with van der Waals surface area (Å²) in [5, 5.41) is 1.52. The van der Waals surface area contributed by atoms with Crippen molar-refractivity contribution in [2.24, 2.45) is 0 Å². The van der Waals surface area contributed by atoms with Gasteiger partial charge in [0, 0.05) is 5.38 Å². The Balaban J connectivity index is 2.64. The van der Waals surface area contributed by atoms with Crippen LogP contribution in [-0.2, 0) is 30.9 Å². The molecule has 0 unspecified atom stereocenters. The third kappa shape index (κ3) is 5.40. The van der Waals surface area contributed by atoms with Crippen LogP contribution in [0.25, 0.3) is 0 Å². The topological polar surface area (TPSA) is 124 Å². The van der Waals surface area contributed by atoms with E-state index in [0.29, 0.717) is 5.69 Å². The molecule has 1 aromatic heterocycles. The third-order valence-corrected chi connectivity index (χ3v) is 3.64. The average molecular weight is 323 g/mol. The Morgan fingerprint density at radius 2 is 2.15 bits per heavy atom. The van der Waals surface area contributed by atoms with Gasteiger partial charge in [-0.05, 0) is 6.92 Å². The van der Waals surface area contributed by atoms with Crippen molar-refractivity contribution in [1.82, 2.24) is 9.71 Å². The highest BCUT2D eigenvalue weighted by Crippen LogP contribution is 2.17. The summed E-state index contributed by atoms with van der Waals surface area (Å²) in [6.07, 6.45) is -1.18. The summed E-state index contributed by atoms with van der Waals surface area (Å²) in [6, 6.07) is 0. The first-order chi connectivity index (χ1) is 9.36. The van der Waals surface area contributed by atoms with Crippen molar-refractivity contribution in [1.29, 1.82) is 0 Å². The number of nitrogens with one attached hydrogen (secondary N) is 2. The monoisotopic (exact) mass is 323 g/mol. The number of hydrogen-bond donors (Lipinski definition) is 2. The summed E-state index contributed by atoms with van der Waals surface area (Å²) in [6.45, 7) is 1.93. The van der Waals surface area contributed by atoms with Crippen molar-refractivity contribution in [2.45, 2.75) is 13.3 Å². The lowest BCUT2D eigenvalue weighted by Gasteiger charge is -2.05. The molecule has 9 nitrogen and oxygen atoms in total. The van der Waals surface area contributed by atoms with E-state index in [0.717, 1.165) is 18.4 Å². The number of aromatic nitrogens is 1. The summed E-state index contributed by atoms with van der Waals surface area (Å²) in [5.41, 5.74) is 0.365. The first kappa shape index (κ1) is 16.2. The molecule has 0 radical (unpaired) electrons. The largest absolute Gasteiger partial charge is 0.466 e. The standard InChI is InChI=1S/C9H13N3O6S2/c1-3-18-7(13)4-6-5-19-8(10-6)11-20(15,16)12-9(14)17-2/h5H,3-4H2,1-2H3,(H,10,11)(H,12,14). The zero-order chi connectivity index (χ0) is 15.2. The second-order valence-corrected chi connectivity index (χ2v) is 5.60. The number of carbonyl (C=O) groups is 2. The Labute approximate surface area is 119 Å². The number of esters is 1. The smallest absolute Gasteiger partial charge is 0.422 e. The van der Waals surface area contributed by atoms with Gasteiger partial charge in [0.1, 0.15) is 0 Å². The van der Waals surface area contributed by atoms with Crippen LogP contribution in [0.4, 0.5) is 9.93 Å². The molecule has 0 aliphatic rings. The summed E-state index contributed by atoms with van der Waals surface area (Å²) in [4.78, 5) is 25.9. The van der Waals surface area contributed by atoms with E-state index in [1.807, 2.05) is 4.72 Å². The number of amides is 1. The molecule has 1 heterocycles. The molecule has 0 saturated carbocycles. The van der Waals surface area contributed by atoms with Crippen LogP contribution in [0.5, 0.6) is 0 Å². The molecule has 112 valence electrons. The van der Waals surface area contributed by atoms with Crippen LogP contribution < -0.4 is 9.44 Å². The molecule has 0 fully saturated rings. The van der Waals surface area contributed by atoms with Gasteiger partial charge in [0.15, 0.2) is 5.13 Å². The molecule has 0 bridgehead atoms. The second-order valence-electron chi connectivity index (χ2n) is 3.32. The maximum absolute atomic E-state index is 11.5. The van der Waals surface area contributed by atoms with E-state index in [9.17, 15) is 18.0 Å². The molecule has 0 aliphatic carbocycles. The van der Waals surface area contributed by atoms with Gasteiger partial charge in [-0.15, -0.1) is 11.3 Å². The van der Waals surface area contributed by atoms with Crippen molar-refractivity contribution >= 4 is 38.7 Å². The Bertz CT molecular complexity index is 582. The molecule has 2 N–H and O–H groups in total. The lowest BCUT2D eigenvalue weighted by atomic mass is 10.3. The van der Waals surface area contributed by atoms with E-state index >= 15 is 0 Å². The van der Waals surface area contributed by atoms with Crippen molar-refractivity contribution in [3.8, 4) is 0 Å². The third-order valence-electron chi connectivity index (χ3n) is 1.81. The van der Waals surface area contributed by atoms with Gasteiger partial charge in [-0.25, -0.2) is 19.2 Å². The molecule has 1 amide bonds. The van der Waals surface area contributed by atoms with Gasteiger partial charge >= 0.3 is 22.3 Å². The first-order valence-corrected chi connectivity index (χ1v) is 7.71. The zero-order valence-corrected chi connectivity index (χ0v) is 12.3. The van der Waals surface area contributed by atoms with Crippen LogP contribution in [-0.4, -0.2) is 39.2 Å². The van der Waals surface area contributed by atoms with Crippen LogP contribution in [0.3, 0.4) is 0 Å². The maximum atomic E-state index is 11.5. The Kier molecular flexibility index (Phi) is 5.70. The maximum Gasteiger partial charge on any atom is 0.422 e. The van der Waals surface area contributed by atoms with Gasteiger partial charge in [0.25, 0.3) is 0 Å². The van der Waals surface area contributed by atoms with Crippen LogP contribution in [0, 0.1) is 0 Å². The quantitative estimate of drug-likeness (QED) is 0.720. The fraction of sp³-hybridized carbons (Fsp3) is 0.444. The molecule has 20 heavy (non-hydrogen) atoms. The highest BCUT2D eigenvalue weighted by Gasteiger charge is 2.17. The Morgan fingerprint density at radius 1 is 1.45 bits per heavy atom. The number of nitrogens with zero attached hydrogens (tertiary/aromatic N) is 1. The number of carbonyl (C=O) groups excluding carboxylic acids is 2. The molecule has 1 rings (SSSR count). The van der Waals surface area contributed by atoms with Crippen molar-refractivity contribution < 1.29 is 27.5 Å². The van der Waals surface area contributed by atoms with Crippen LogP contribution >= 0.6 is 11.3 Å². The van der Waals surface area contributed by atoms with E-state index in [-0.39, 0.29) is 18.2 Å². The lowest BCUT2D eigenvalue weighted by molar-refractivity contribution is -0.142. The van der Waals surface area contributed by atoms with Crippen molar-refractivity contribution in [3.05, 3.63) is 11.1 Å². The van der Waals surface area contributed by atoms with Gasteiger partial charge in [-0.2, -0.15) is 8.42 Å². The molecule has 1 aromatic rings. The molecule has 0 aromatic carbocycles. The van der Waals surface area contributed by atoms with Crippen LogP contribution in [0.1, 0.15) is 12.6 Å². The summed E-state index contributed by atoms with van der Waals surface area (Å²) >= 11 is 0.970. The highest BCUT2D eigenvalue weighted by atomic mass is 32.2. The fourth-order valence-electron chi connectivity index (χ4n) is 1.09. The number of anilines is 1. The highest BCUT2D eigenvalue weighted by molar-refractivity contribution is 7.91. The minimum atomic E-state index is -4.11. The number of thiazole rings is 1. The van der Waals surface area contributed by atoms with Gasteiger partial charge in [0.2, 0.25) is 0 Å². The van der Waals surface area contributed by atoms with E-state index < -0.39 is 22.3 Å². The lowest BCUT2D eigenvalue weighted by Crippen LogP contribution is -2.35. The molecular weight excluding hydrogens is 310 g/mol. The van der Waals surface area contributed by atoms with E-state index in [1.165, 1.54) is 5.38 Å². The van der Waals surface area contributed by atoms with Crippen LogP contribution in [0.15, 0.2) is 5.38 Å². The molecule has 0 spiro atoms. The molecule has 11 heteroatoms. The average Bonchev–Trinajstić information content (AvgIpc) is 2.74. The van der Waals surface area contributed by atoms with Gasteiger partial charge in [0.05, 0.1) is 25.8 Å². The van der Waals surface area contributed by atoms with Gasteiger partial charge < -0.3 is 9.47 Å². The predicted octanol–water partition coefficient (Wildman–Crippen LogP) is 0.261. The normalized spacial score (nSPS) is 10.7. The van der Waals surface area contributed by atoms with Gasteiger partial charge in [-0.3, -0.25) is 4.79 Å². The van der Waals surface area contributed by atoms with Crippen molar-refractivity contribution in [2.75, 3.05) is 18.4 Å². The Hall–Kier alpha value is -1.88. The minimum absolute atomic E-state index is 0.0145. The molecule has 0 atom stereocenters. The number of hydrogen-bond acceptors (Lipinski definition) is 8. The first-order valence-electron chi connectivity index (χ1n) is 5.34. The molecular formula is C9H13N3O6S2. The predicted molar refractivity (Wildman–Crippen MR) is 70.5 cm³/mol. The van der Waals surface area contributed by atoms with E-state index in [4.69, 9.17) is 4.74 Å². The number of methoxy groups -OCH3 is 1. The summed E-state index contributed by atoms with van der Waals surface area (Å²) in [5.74, 6) is -0.458. The zero-order valence-electron chi connectivity index (χ0n) is 10.7. The molecule has 0 saturated heterocycles. The Morgan fingerprint density at radius 3 is 2.75 bits per heavy atom. The van der Waals surface area contributed by atoms with Gasteiger partial charge in [-0.1, -0.05) is 0 Å². The van der Waals surface area contributed by atoms with E-state index in [1.54, 1.807) is 11.6 Å². The van der Waals surface area contributed by atoms with E-state index in [2.05, 4.69) is 9.72 Å². The summed E-state index contributed by atoms with van der Waals surface area (Å²) in [7, 11) is -3.08. The van der Waals surface area contributed by atoms with Crippen molar-refractivity contribution in [3.63, 3.8) is 0 Å². The molecule has 0 aliphatic heterocycles. The number of rotatable bonds is 6. The summed E-state index contributed by atoms with van der Waals surface area (Å²) < 4.78 is 35.4.